The zero-order valence-electron chi connectivity index (χ0n) is 14.5. The predicted octanol–water partition coefficient (Wildman–Crippen LogP) is 1.18. The summed E-state index contributed by atoms with van der Waals surface area (Å²) in [6.07, 6.45) is 2.42. The van der Waals surface area contributed by atoms with Crippen molar-refractivity contribution in [2.24, 2.45) is 0 Å². The quantitative estimate of drug-likeness (QED) is 0.882. The molecule has 1 saturated heterocycles. The molecular weight excluding hydrogens is 320 g/mol. The molecule has 2 aromatic heterocycles. The maximum Gasteiger partial charge on any atom is 0.274 e. The van der Waals surface area contributed by atoms with E-state index in [2.05, 4.69) is 25.3 Å². The van der Waals surface area contributed by atoms with Crippen LogP contribution in [0.25, 0.3) is 0 Å². The zero-order chi connectivity index (χ0) is 17.4. The van der Waals surface area contributed by atoms with Gasteiger partial charge in [0.1, 0.15) is 0 Å². The fraction of sp³-hybridized carbons (Fsp3) is 0.529. The Balaban J connectivity index is 1.47. The predicted molar refractivity (Wildman–Crippen MR) is 91.4 cm³/mol. The van der Waals surface area contributed by atoms with E-state index in [9.17, 15) is 4.79 Å². The van der Waals surface area contributed by atoms with E-state index in [4.69, 9.17) is 4.74 Å². The van der Waals surface area contributed by atoms with Crippen LogP contribution in [-0.4, -0.2) is 63.5 Å². The Kier molecular flexibility index (Phi) is 4.12. The molecule has 2 aliphatic rings. The Morgan fingerprint density at radius 2 is 2.08 bits per heavy atom. The van der Waals surface area contributed by atoms with Crippen LogP contribution in [0.1, 0.15) is 41.7 Å². The monoisotopic (exact) mass is 342 g/mol. The number of nitrogens with zero attached hydrogens (tertiary/aromatic N) is 5. The van der Waals surface area contributed by atoms with Gasteiger partial charge in [0.15, 0.2) is 11.5 Å². The van der Waals surface area contributed by atoms with Gasteiger partial charge in [0.2, 0.25) is 0 Å². The lowest BCUT2D eigenvalue weighted by atomic mass is 9.99. The molecule has 1 N–H and O–H groups in total. The molecule has 0 saturated carbocycles. The fourth-order valence-corrected chi connectivity index (χ4v) is 3.60. The summed E-state index contributed by atoms with van der Waals surface area (Å²) in [7, 11) is 0. The Labute approximate surface area is 146 Å². The van der Waals surface area contributed by atoms with Crippen molar-refractivity contribution in [3.05, 3.63) is 35.3 Å². The summed E-state index contributed by atoms with van der Waals surface area (Å²) >= 11 is 0. The van der Waals surface area contributed by atoms with Crippen LogP contribution in [0.3, 0.4) is 0 Å². The van der Waals surface area contributed by atoms with Crippen molar-refractivity contribution < 1.29 is 9.53 Å². The van der Waals surface area contributed by atoms with Crippen LogP contribution < -0.4 is 4.90 Å². The number of aromatic nitrogens is 4. The van der Waals surface area contributed by atoms with Gasteiger partial charge in [0.25, 0.3) is 5.91 Å². The van der Waals surface area contributed by atoms with Crippen LogP contribution in [0.4, 0.5) is 5.82 Å². The third-order valence-corrected chi connectivity index (χ3v) is 4.89. The molecule has 132 valence electrons. The van der Waals surface area contributed by atoms with Gasteiger partial charge in [0.05, 0.1) is 17.9 Å². The van der Waals surface area contributed by atoms with Crippen LogP contribution in [0.2, 0.25) is 0 Å². The van der Waals surface area contributed by atoms with Crippen LogP contribution in [-0.2, 0) is 11.2 Å². The lowest BCUT2D eigenvalue weighted by Crippen LogP contribution is -2.49. The standard InChI is InChI=1S/C17H22N6O2/c1-11-10-13-15(12(2)25-11)20-21-16(13)17(24)23-8-6-22(7-9-23)14-4-3-5-18-19-14/h3-5,11-12H,6-10H2,1-2H3,(H,20,21)/t11-,12+/m1/s1. The van der Waals surface area contributed by atoms with E-state index in [0.717, 1.165) is 36.6 Å². The van der Waals surface area contributed by atoms with Gasteiger partial charge in [-0.3, -0.25) is 9.89 Å². The molecule has 0 aromatic carbocycles. The summed E-state index contributed by atoms with van der Waals surface area (Å²) in [4.78, 5) is 17.0. The van der Waals surface area contributed by atoms with Crippen molar-refractivity contribution in [3.8, 4) is 0 Å². The van der Waals surface area contributed by atoms with E-state index >= 15 is 0 Å². The first-order chi connectivity index (χ1) is 12.1. The summed E-state index contributed by atoms with van der Waals surface area (Å²) in [6, 6.07) is 3.82. The van der Waals surface area contributed by atoms with Gasteiger partial charge >= 0.3 is 0 Å². The number of hydrogen-bond acceptors (Lipinski definition) is 6. The highest BCUT2D eigenvalue weighted by Crippen LogP contribution is 2.30. The number of fused-ring (bicyclic) bond motifs is 1. The Morgan fingerprint density at radius 3 is 2.80 bits per heavy atom. The first-order valence-corrected chi connectivity index (χ1v) is 8.68. The van der Waals surface area contributed by atoms with Crippen LogP contribution in [0.5, 0.6) is 0 Å². The van der Waals surface area contributed by atoms with Crippen molar-refractivity contribution in [2.45, 2.75) is 32.5 Å². The average molecular weight is 342 g/mol. The van der Waals surface area contributed by atoms with E-state index in [1.165, 1.54) is 0 Å². The van der Waals surface area contributed by atoms with E-state index in [-0.39, 0.29) is 18.1 Å². The minimum Gasteiger partial charge on any atom is -0.369 e. The Morgan fingerprint density at radius 1 is 1.28 bits per heavy atom. The molecule has 8 nitrogen and oxygen atoms in total. The first kappa shape index (κ1) is 16.0. The number of amides is 1. The van der Waals surface area contributed by atoms with Crippen LogP contribution in [0, 0.1) is 0 Å². The van der Waals surface area contributed by atoms with Crippen molar-refractivity contribution in [3.63, 3.8) is 0 Å². The second-order valence-electron chi connectivity index (χ2n) is 6.62. The zero-order valence-corrected chi connectivity index (χ0v) is 14.5. The van der Waals surface area contributed by atoms with E-state index in [0.29, 0.717) is 18.8 Å². The highest BCUT2D eigenvalue weighted by molar-refractivity contribution is 5.94. The summed E-state index contributed by atoms with van der Waals surface area (Å²) in [6.45, 7) is 6.80. The number of carbonyl (C=O) groups excluding carboxylic acids is 1. The number of anilines is 1. The third-order valence-electron chi connectivity index (χ3n) is 4.89. The second-order valence-corrected chi connectivity index (χ2v) is 6.62. The normalized spacial score (nSPS) is 23.4. The summed E-state index contributed by atoms with van der Waals surface area (Å²) < 4.78 is 5.80. The van der Waals surface area contributed by atoms with Gasteiger partial charge in [-0.1, -0.05) is 0 Å². The topological polar surface area (TPSA) is 87.2 Å². The molecule has 0 radical (unpaired) electrons. The van der Waals surface area contributed by atoms with Gasteiger partial charge in [-0.15, -0.1) is 5.10 Å². The molecule has 2 aromatic rings. The molecule has 4 rings (SSSR count). The lowest BCUT2D eigenvalue weighted by Gasteiger charge is -2.35. The highest BCUT2D eigenvalue weighted by Gasteiger charge is 2.32. The SMILES string of the molecule is C[C@@H]1Cc2c(C(=O)N3CCN(c4cccnn4)CC3)n[nH]c2[C@H](C)O1. The third kappa shape index (κ3) is 2.97. The number of aromatic amines is 1. The van der Waals surface area contributed by atoms with Crippen molar-refractivity contribution in [1.29, 1.82) is 0 Å². The maximum atomic E-state index is 12.9. The number of H-pyrrole nitrogens is 1. The molecular formula is C17H22N6O2. The van der Waals surface area contributed by atoms with Crippen molar-refractivity contribution in [1.82, 2.24) is 25.3 Å². The summed E-state index contributed by atoms with van der Waals surface area (Å²) in [5.41, 5.74) is 2.48. The number of nitrogens with one attached hydrogen (secondary N) is 1. The second kappa shape index (κ2) is 6.44. The lowest BCUT2D eigenvalue weighted by molar-refractivity contribution is -0.00702. The number of ether oxygens (including phenoxy) is 1. The molecule has 0 bridgehead atoms. The maximum absolute atomic E-state index is 12.9. The largest absolute Gasteiger partial charge is 0.369 e. The molecule has 2 atom stereocenters. The average Bonchev–Trinajstić information content (AvgIpc) is 3.06. The first-order valence-electron chi connectivity index (χ1n) is 8.68. The van der Waals surface area contributed by atoms with E-state index in [1.54, 1.807) is 6.20 Å². The molecule has 4 heterocycles. The number of carbonyl (C=O) groups is 1. The minimum absolute atomic E-state index is 0.00223. The smallest absolute Gasteiger partial charge is 0.274 e. The molecule has 0 spiro atoms. The van der Waals surface area contributed by atoms with E-state index in [1.807, 2.05) is 30.9 Å². The Bertz CT molecular complexity index is 754. The van der Waals surface area contributed by atoms with Gasteiger partial charge in [-0.05, 0) is 26.0 Å². The van der Waals surface area contributed by atoms with Crippen molar-refractivity contribution >= 4 is 11.7 Å². The van der Waals surface area contributed by atoms with Crippen molar-refractivity contribution in [2.75, 3.05) is 31.1 Å². The summed E-state index contributed by atoms with van der Waals surface area (Å²) in [5, 5.41) is 15.4. The molecule has 1 amide bonds. The number of hydrogen-bond donors (Lipinski definition) is 1. The van der Waals surface area contributed by atoms with Gasteiger partial charge in [-0.2, -0.15) is 10.2 Å². The van der Waals surface area contributed by atoms with Gasteiger partial charge in [-0.25, -0.2) is 0 Å². The molecule has 8 heteroatoms. The summed E-state index contributed by atoms with van der Waals surface area (Å²) in [5.74, 6) is 0.851. The highest BCUT2D eigenvalue weighted by atomic mass is 16.5. The molecule has 0 aliphatic carbocycles. The van der Waals surface area contributed by atoms with Crippen LogP contribution >= 0.6 is 0 Å². The Hall–Kier alpha value is -2.48. The van der Waals surface area contributed by atoms with Gasteiger partial charge in [0, 0.05) is 44.4 Å². The molecule has 2 aliphatic heterocycles. The molecule has 0 unspecified atom stereocenters. The van der Waals surface area contributed by atoms with Crippen LogP contribution in [0.15, 0.2) is 18.3 Å². The molecule has 1 fully saturated rings. The molecule has 25 heavy (non-hydrogen) atoms. The fourth-order valence-electron chi connectivity index (χ4n) is 3.60. The number of piperazine rings is 1. The number of rotatable bonds is 2. The minimum atomic E-state index is -0.0543. The van der Waals surface area contributed by atoms with E-state index < -0.39 is 0 Å². The van der Waals surface area contributed by atoms with Gasteiger partial charge < -0.3 is 14.5 Å².